The average molecular weight is 404 g/mol. The van der Waals surface area contributed by atoms with Crippen LogP contribution in [0.25, 0.3) is 0 Å². The van der Waals surface area contributed by atoms with Gasteiger partial charge in [0.05, 0.1) is 6.10 Å². The van der Waals surface area contributed by atoms with Gasteiger partial charge >= 0.3 is 0 Å². The number of hydrazine groups is 1. The smallest absolute Gasteiger partial charge is 0.131 e. The number of halogens is 1. The normalized spacial score (nSPS) is 45.2. The van der Waals surface area contributed by atoms with E-state index in [1.54, 1.807) is 0 Å². The van der Waals surface area contributed by atoms with Crippen molar-refractivity contribution in [1.82, 2.24) is 16.3 Å². The molecule has 4 fully saturated rings. The Kier molecular flexibility index (Phi) is 7.06. The van der Waals surface area contributed by atoms with Gasteiger partial charge < -0.3 is 4.74 Å². The number of alkyl halides is 1. The van der Waals surface area contributed by atoms with Crippen LogP contribution in [0.2, 0.25) is 0 Å². The van der Waals surface area contributed by atoms with Crippen LogP contribution in [0.1, 0.15) is 64.7 Å². The van der Waals surface area contributed by atoms with Gasteiger partial charge in [-0.1, -0.05) is 32.1 Å². The Hall–Kier alpha value is 0.440. The van der Waals surface area contributed by atoms with Crippen molar-refractivity contribution in [3.8, 4) is 0 Å². The summed E-state index contributed by atoms with van der Waals surface area (Å²) in [5.74, 6) is 1.99. The van der Waals surface area contributed by atoms with Gasteiger partial charge in [-0.05, 0) is 38.5 Å². The Morgan fingerprint density at radius 3 is 2.58 bits per heavy atom. The summed E-state index contributed by atoms with van der Waals surface area (Å²) in [6.45, 7) is 2.16. The van der Waals surface area contributed by atoms with Gasteiger partial charge in [-0.15, -0.1) is 11.6 Å². The minimum atomic E-state index is 0.00989. The molecule has 0 aromatic heterocycles. The number of hydrogen-bond acceptors (Lipinski definition) is 6. The van der Waals surface area contributed by atoms with E-state index >= 15 is 0 Å². The minimum absolute atomic E-state index is 0.00989. The fraction of sp³-hybridized carbons (Fsp3) is 1.00. The predicted octanol–water partition coefficient (Wildman–Crippen LogP) is 3.53. The zero-order chi connectivity index (χ0) is 17.9. The van der Waals surface area contributed by atoms with Crippen LogP contribution < -0.4 is 16.3 Å². The highest BCUT2D eigenvalue weighted by molar-refractivity contribution is 8.00. The minimum Gasteiger partial charge on any atom is -0.341 e. The van der Waals surface area contributed by atoms with E-state index in [0.717, 1.165) is 12.2 Å². The highest BCUT2D eigenvalue weighted by Crippen LogP contribution is 2.37. The van der Waals surface area contributed by atoms with Crippen molar-refractivity contribution >= 4 is 23.4 Å². The molecule has 2 heterocycles. The third-order valence-electron chi connectivity index (χ3n) is 6.64. The maximum Gasteiger partial charge on any atom is 0.131 e. The number of nitrogens with one attached hydrogen (secondary N) is 3. The van der Waals surface area contributed by atoms with Crippen molar-refractivity contribution < 1.29 is 9.57 Å². The Morgan fingerprint density at radius 1 is 1.00 bits per heavy atom. The highest BCUT2D eigenvalue weighted by atomic mass is 35.5. The molecule has 7 atom stereocenters. The Labute approximate surface area is 167 Å². The zero-order valence-electron chi connectivity index (χ0n) is 15.8. The summed E-state index contributed by atoms with van der Waals surface area (Å²) in [6, 6.07) is 0.390. The monoisotopic (exact) mass is 403 g/mol. The van der Waals surface area contributed by atoms with Crippen LogP contribution in [0, 0.1) is 11.8 Å². The van der Waals surface area contributed by atoms with Crippen molar-refractivity contribution in [3.63, 3.8) is 0 Å². The molecule has 0 aromatic carbocycles. The van der Waals surface area contributed by atoms with Gasteiger partial charge in [0.1, 0.15) is 12.5 Å². The van der Waals surface area contributed by atoms with Gasteiger partial charge in [-0.2, -0.15) is 17.2 Å². The molecule has 150 valence electrons. The van der Waals surface area contributed by atoms with E-state index in [2.05, 4.69) is 23.3 Å². The van der Waals surface area contributed by atoms with E-state index in [0.29, 0.717) is 28.5 Å². The van der Waals surface area contributed by atoms with E-state index in [1.165, 1.54) is 51.4 Å². The molecular formula is C19H34ClN3O2S. The number of ether oxygens (including phenoxy) is 1. The molecule has 4 rings (SSSR count). The first-order valence-corrected chi connectivity index (χ1v) is 12.0. The van der Waals surface area contributed by atoms with E-state index in [4.69, 9.17) is 21.2 Å². The lowest BCUT2D eigenvalue weighted by Gasteiger charge is -2.33. The van der Waals surface area contributed by atoms with Crippen LogP contribution in [0.3, 0.4) is 0 Å². The molecule has 26 heavy (non-hydrogen) atoms. The topological polar surface area (TPSA) is 54.5 Å². The van der Waals surface area contributed by atoms with Crippen molar-refractivity contribution in [2.75, 3.05) is 5.75 Å². The summed E-state index contributed by atoms with van der Waals surface area (Å²) >= 11 is 8.47. The van der Waals surface area contributed by atoms with Crippen LogP contribution in [0.5, 0.6) is 0 Å². The summed E-state index contributed by atoms with van der Waals surface area (Å²) in [4.78, 5) is 5.83. The molecule has 0 aromatic rings. The molecule has 7 unspecified atom stereocenters. The van der Waals surface area contributed by atoms with E-state index in [9.17, 15) is 0 Å². The average Bonchev–Trinajstić information content (AvgIpc) is 3.28. The van der Waals surface area contributed by atoms with Crippen molar-refractivity contribution in [1.29, 1.82) is 0 Å². The lowest BCUT2D eigenvalue weighted by atomic mass is 9.77. The van der Waals surface area contributed by atoms with E-state index in [1.807, 2.05) is 11.8 Å². The largest absolute Gasteiger partial charge is 0.341 e. The standard InChI is InChI=1S/C19H34ClN3O2S/c1-12-17(18(23-25-12)13-7-3-2-4-8-13)19-22-21-16(24-19)11-26-15-10-6-5-9-14(15)20/h12-19,21-23H,2-11H2,1H3. The molecule has 0 amide bonds. The second-order valence-corrected chi connectivity index (χ2v) is 10.3. The first-order chi connectivity index (χ1) is 12.7. The van der Waals surface area contributed by atoms with Crippen molar-refractivity contribution in [2.24, 2.45) is 11.8 Å². The SMILES string of the molecule is CC1ONC(C2CCCCC2)C1C1NNC(CSC2CCCCC2Cl)O1. The summed E-state index contributed by atoms with van der Waals surface area (Å²) in [5, 5.41) is 0.891. The number of hydrogen-bond donors (Lipinski definition) is 3. The maximum atomic E-state index is 6.50. The van der Waals surface area contributed by atoms with Crippen molar-refractivity contribution in [3.05, 3.63) is 0 Å². The summed E-state index contributed by atoms with van der Waals surface area (Å²) < 4.78 is 6.36. The number of hydroxylamine groups is 1. The molecule has 5 nitrogen and oxygen atoms in total. The van der Waals surface area contributed by atoms with Gasteiger partial charge in [0, 0.05) is 28.3 Å². The van der Waals surface area contributed by atoms with Gasteiger partial charge in [-0.25, -0.2) is 10.9 Å². The predicted molar refractivity (Wildman–Crippen MR) is 107 cm³/mol. The Morgan fingerprint density at radius 2 is 1.77 bits per heavy atom. The highest BCUT2D eigenvalue weighted by Gasteiger charge is 2.47. The molecule has 7 heteroatoms. The number of thioether (sulfide) groups is 1. The summed E-state index contributed by atoms with van der Waals surface area (Å²) in [7, 11) is 0. The molecule has 2 saturated heterocycles. The third-order valence-corrected chi connectivity index (χ3v) is 8.79. The van der Waals surface area contributed by atoms with Gasteiger partial charge in [0.2, 0.25) is 0 Å². The van der Waals surface area contributed by atoms with Crippen LogP contribution in [0.15, 0.2) is 0 Å². The Bertz CT molecular complexity index is 455. The summed E-state index contributed by atoms with van der Waals surface area (Å²) in [6.07, 6.45) is 11.9. The lowest BCUT2D eigenvalue weighted by molar-refractivity contribution is -0.0228. The first kappa shape index (κ1) is 19.7. The van der Waals surface area contributed by atoms with Crippen LogP contribution in [-0.4, -0.2) is 41.0 Å². The zero-order valence-corrected chi connectivity index (χ0v) is 17.4. The quantitative estimate of drug-likeness (QED) is 0.610. The molecule has 3 N–H and O–H groups in total. The third kappa shape index (κ3) is 4.53. The molecule has 2 saturated carbocycles. The molecule has 0 bridgehead atoms. The van der Waals surface area contributed by atoms with Gasteiger partial charge in [0.25, 0.3) is 0 Å². The summed E-state index contributed by atoms with van der Waals surface area (Å²) in [5.41, 5.74) is 10.1. The number of rotatable bonds is 5. The second-order valence-electron chi connectivity index (χ2n) is 8.45. The van der Waals surface area contributed by atoms with Gasteiger partial charge in [-0.3, -0.25) is 4.84 Å². The molecule has 4 aliphatic rings. The van der Waals surface area contributed by atoms with Gasteiger partial charge in [0.15, 0.2) is 0 Å². The van der Waals surface area contributed by atoms with Crippen molar-refractivity contribution in [2.45, 2.75) is 99.9 Å². The first-order valence-electron chi connectivity index (χ1n) is 10.6. The van der Waals surface area contributed by atoms with Crippen LogP contribution in [0.4, 0.5) is 0 Å². The second kappa shape index (κ2) is 9.29. The fourth-order valence-electron chi connectivity index (χ4n) is 5.11. The molecular weight excluding hydrogens is 370 g/mol. The van der Waals surface area contributed by atoms with Crippen LogP contribution >= 0.6 is 23.4 Å². The van der Waals surface area contributed by atoms with E-state index < -0.39 is 0 Å². The Balaban J connectivity index is 1.29. The molecule has 2 aliphatic heterocycles. The molecule has 0 spiro atoms. The van der Waals surface area contributed by atoms with E-state index in [-0.39, 0.29) is 18.6 Å². The van der Waals surface area contributed by atoms with Crippen LogP contribution in [-0.2, 0) is 9.57 Å². The molecule has 2 aliphatic carbocycles. The maximum absolute atomic E-state index is 6.50. The molecule has 0 radical (unpaired) electrons. The fourth-order valence-corrected chi connectivity index (χ4v) is 6.87. The lowest BCUT2D eigenvalue weighted by Crippen LogP contribution is -2.47.